The molecule has 0 bridgehead atoms. The third-order valence-corrected chi connectivity index (χ3v) is 4.38. The molecule has 2 rings (SSSR count). The normalized spacial score (nSPS) is 24.1. The van der Waals surface area contributed by atoms with E-state index in [0.717, 1.165) is 25.2 Å². The van der Waals surface area contributed by atoms with E-state index in [0.29, 0.717) is 12.6 Å². The summed E-state index contributed by atoms with van der Waals surface area (Å²) < 4.78 is 13.4. The molecule has 0 radical (unpaired) electrons. The molecule has 19 heavy (non-hydrogen) atoms. The fourth-order valence-electron chi connectivity index (χ4n) is 2.86. The predicted octanol–water partition coefficient (Wildman–Crippen LogP) is 2.07. The van der Waals surface area contributed by atoms with Gasteiger partial charge in [0.05, 0.1) is 5.54 Å². The molecule has 0 amide bonds. The molecule has 4 heteroatoms. The van der Waals surface area contributed by atoms with Crippen LogP contribution >= 0.6 is 0 Å². The minimum Gasteiger partial charge on any atom is -0.366 e. The van der Waals surface area contributed by atoms with Crippen LogP contribution in [0.25, 0.3) is 0 Å². The molecule has 0 saturated carbocycles. The molecule has 2 N–H and O–H groups in total. The first-order valence-corrected chi connectivity index (χ1v) is 6.92. The van der Waals surface area contributed by atoms with Gasteiger partial charge in [-0.25, -0.2) is 4.39 Å². The van der Waals surface area contributed by atoms with Crippen LogP contribution in [0.1, 0.15) is 20.3 Å². The number of halogens is 1. The van der Waals surface area contributed by atoms with E-state index in [2.05, 4.69) is 23.6 Å². The number of anilines is 1. The summed E-state index contributed by atoms with van der Waals surface area (Å²) in [6, 6.07) is 7.27. The van der Waals surface area contributed by atoms with Gasteiger partial charge in [0.2, 0.25) is 0 Å². The second-order valence-corrected chi connectivity index (χ2v) is 5.78. The molecule has 0 aromatic heterocycles. The van der Waals surface area contributed by atoms with Crippen LogP contribution in [0.15, 0.2) is 24.3 Å². The highest BCUT2D eigenvalue weighted by atomic mass is 19.1. The maximum Gasteiger partial charge on any atom is 0.125 e. The van der Waals surface area contributed by atoms with Crippen LogP contribution < -0.4 is 10.6 Å². The minimum absolute atomic E-state index is 0.0853. The molecule has 1 aromatic carbocycles. The van der Waals surface area contributed by atoms with Crippen molar-refractivity contribution in [1.29, 1.82) is 0 Å². The number of rotatable bonds is 4. The van der Waals surface area contributed by atoms with Gasteiger partial charge < -0.3 is 10.6 Å². The molecule has 1 saturated heterocycles. The topological polar surface area (TPSA) is 32.5 Å². The van der Waals surface area contributed by atoms with Gasteiger partial charge in [-0.15, -0.1) is 0 Å². The quantitative estimate of drug-likeness (QED) is 0.904. The van der Waals surface area contributed by atoms with E-state index >= 15 is 0 Å². The fourth-order valence-corrected chi connectivity index (χ4v) is 2.86. The van der Waals surface area contributed by atoms with Gasteiger partial charge in [-0.05, 0) is 38.5 Å². The number of benzene rings is 1. The van der Waals surface area contributed by atoms with Crippen molar-refractivity contribution in [2.45, 2.75) is 31.8 Å². The van der Waals surface area contributed by atoms with Crippen molar-refractivity contribution < 1.29 is 4.39 Å². The number of nitrogens with two attached hydrogens (primary N) is 1. The number of likely N-dealkylation sites (N-methyl/N-ethyl adjacent to an activating group) is 1. The SMILES string of the molecule is CC(C)N1CCC(CN)(N(C)c2cccc(F)c2)C1. The van der Waals surface area contributed by atoms with Gasteiger partial charge in [-0.3, -0.25) is 4.90 Å². The predicted molar refractivity (Wildman–Crippen MR) is 77.9 cm³/mol. The van der Waals surface area contributed by atoms with Crippen molar-refractivity contribution in [3.8, 4) is 0 Å². The first kappa shape index (κ1) is 14.3. The summed E-state index contributed by atoms with van der Waals surface area (Å²) in [5.41, 5.74) is 6.86. The zero-order valence-corrected chi connectivity index (χ0v) is 12.1. The van der Waals surface area contributed by atoms with E-state index < -0.39 is 0 Å². The lowest BCUT2D eigenvalue weighted by molar-refractivity contribution is 0.255. The highest BCUT2D eigenvalue weighted by molar-refractivity contribution is 5.49. The molecule has 1 aliphatic heterocycles. The van der Waals surface area contributed by atoms with Gasteiger partial charge >= 0.3 is 0 Å². The van der Waals surface area contributed by atoms with Crippen LogP contribution in [0, 0.1) is 5.82 Å². The average Bonchev–Trinajstić information content (AvgIpc) is 2.84. The van der Waals surface area contributed by atoms with Gasteiger partial charge in [0.15, 0.2) is 0 Å². The molecule has 0 aliphatic carbocycles. The Morgan fingerprint density at radius 3 is 2.74 bits per heavy atom. The van der Waals surface area contributed by atoms with E-state index in [-0.39, 0.29) is 11.4 Å². The van der Waals surface area contributed by atoms with E-state index in [1.807, 2.05) is 13.1 Å². The zero-order chi connectivity index (χ0) is 14.0. The molecule has 1 aromatic rings. The van der Waals surface area contributed by atoms with Crippen LogP contribution in [0.4, 0.5) is 10.1 Å². The van der Waals surface area contributed by atoms with Gasteiger partial charge in [0.1, 0.15) is 5.82 Å². The zero-order valence-electron chi connectivity index (χ0n) is 12.1. The first-order valence-electron chi connectivity index (χ1n) is 6.92. The molecule has 3 nitrogen and oxygen atoms in total. The van der Waals surface area contributed by atoms with Gasteiger partial charge in [0.25, 0.3) is 0 Å². The van der Waals surface area contributed by atoms with Crippen molar-refractivity contribution in [3.05, 3.63) is 30.1 Å². The Morgan fingerprint density at radius 2 is 2.21 bits per heavy atom. The molecule has 1 atom stereocenters. The minimum atomic E-state index is -0.199. The number of hydrogen-bond acceptors (Lipinski definition) is 3. The van der Waals surface area contributed by atoms with Crippen LogP contribution in [-0.2, 0) is 0 Å². The highest BCUT2D eigenvalue weighted by Crippen LogP contribution is 2.31. The summed E-state index contributed by atoms with van der Waals surface area (Å²) in [6.07, 6.45) is 1.02. The van der Waals surface area contributed by atoms with Crippen molar-refractivity contribution in [2.24, 2.45) is 5.73 Å². The number of hydrogen-bond donors (Lipinski definition) is 1. The second kappa shape index (κ2) is 5.47. The Hall–Kier alpha value is -1.13. The Labute approximate surface area is 115 Å². The van der Waals surface area contributed by atoms with E-state index in [9.17, 15) is 4.39 Å². The summed E-state index contributed by atoms with van der Waals surface area (Å²) in [5, 5.41) is 0. The molecule has 106 valence electrons. The second-order valence-electron chi connectivity index (χ2n) is 5.78. The average molecular weight is 265 g/mol. The maximum absolute atomic E-state index is 13.4. The first-order chi connectivity index (χ1) is 8.98. The van der Waals surface area contributed by atoms with Gasteiger partial charge in [-0.2, -0.15) is 0 Å². The molecule has 1 fully saturated rings. The van der Waals surface area contributed by atoms with E-state index in [1.165, 1.54) is 6.07 Å². The molecule has 0 spiro atoms. The Kier molecular flexibility index (Phi) is 4.11. The van der Waals surface area contributed by atoms with Crippen LogP contribution in [0.3, 0.4) is 0 Å². The van der Waals surface area contributed by atoms with Crippen molar-refractivity contribution >= 4 is 5.69 Å². The van der Waals surface area contributed by atoms with Crippen molar-refractivity contribution in [2.75, 3.05) is 31.6 Å². The lowest BCUT2D eigenvalue weighted by Gasteiger charge is -2.40. The standard InChI is InChI=1S/C15H24FN3/c1-12(2)19-8-7-15(10-17,11-19)18(3)14-6-4-5-13(16)9-14/h4-6,9,12H,7-8,10-11,17H2,1-3H3. The summed E-state index contributed by atoms with van der Waals surface area (Å²) in [4.78, 5) is 4.58. The smallest absolute Gasteiger partial charge is 0.125 e. The van der Waals surface area contributed by atoms with E-state index in [1.54, 1.807) is 12.1 Å². The van der Waals surface area contributed by atoms with Gasteiger partial charge in [-0.1, -0.05) is 6.07 Å². The molecular formula is C15H24FN3. The third kappa shape index (κ3) is 2.74. The molecular weight excluding hydrogens is 241 g/mol. The monoisotopic (exact) mass is 265 g/mol. The lowest BCUT2D eigenvalue weighted by atomic mass is 9.96. The Bertz CT molecular complexity index is 435. The molecule has 1 heterocycles. The summed E-state index contributed by atoms with van der Waals surface area (Å²) >= 11 is 0. The Morgan fingerprint density at radius 1 is 1.47 bits per heavy atom. The Balaban J connectivity index is 2.22. The molecule has 1 aliphatic rings. The van der Waals surface area contributed by atoms with Crippen LogP contribution in [0.5, 0.6) is 0 Å². The number of likely N-dealkylation sites (tertiary alicyclic amines) is 1. The third-order valence-electron chi connectivity index (χ3n) is 4.38. The van der Waals surface area contributed by atoms with Crippen LogP contribution in [-0.4, -0.2) is 43.2 Å². The lowest BCUT2D eigenvalue weighted by Crippen LogP contribution is -2.54. The van der Waals surface area contributed by atoms with Crippen molar-refractivity contribution in [3.63, 3.8) is 0 Å². The summed E-state index contributed by atoms with van der Waals surface area (Å²) in [5.74, 6) is -0.199. The number of nitrogens with zero attached hydrogens (tertiary/aromatic N) is 2. The maximum atomic E-state index is 13.4. The largest absolute Gasteiger partial charge is 0.366 e. The van der Waals surface area contributed by atoms with E-state index in [4.69, 9.17) is 5.73 Å². The summed E-state index contributed by atoms with van der Waals surface area (Å²) in [7, 11) is 2.02. The highest BCUT2D eigenvalue weighted by Gasteiger charge is 2.41. The molecule has 1 unspecified atom stereocenters. The fraction of sp³-hybridized carbons (Fsp3) is 0.600. The van der Waals surface area contributed by atoms with Crippen LogP contribution in [0.2, 0.25) is 0 Å². The summed E-state index contributed by atoms with van der Waals surface area (Å²) in [6.45, 7) is 6.98. The van der Waals surface area contributed by atoms with Crippen molar-refractivity contribution in [1.82, 2.24) is 4.90 Å². The van der Waals surface area contributed by atoms with Gasteiger partial charge in [0, 0.05) is 38.4 Å².